The maximum atomic E-state index is 3.17. The number of aromatic amines is 1. The second-order valence-electron chi connectivity index (χ2n) is 2.32. The Balaban J connectivity index is 2.86. The molecule has 2 aromatic rings. The predicted molar refractivity (Wildman–Crippen MR) is 46.5 cm³/mol. The molecule has 1 nitrogen and oxygen atoms in total. The van der Waals surface area contributed by atoms with E-state index < -0.39 is 0 Å². The Hall–Kier alpha value is -0.357. The van der Waals surface area contributed by atoms with Gasteiger partial charge in [-0.3, -0.25) is 0 Å². The standard InChI is InChI=1S/C8H6N.Bi.2H/c1-2-4-8-7(3-1)5-6-9-8;;;/h2-6,9H;;;. The van der Waals surface area contributed by atoms with E-state index in [0.29, 0.717) is 0 Å². The van der Waals surface area contributed by atoms with Crippen molar-refractivity contribution in [1.29, 1.82) is 0 Å². The van der Waals surface area contributed by atoms with Crippen LogP contribution in [0.25, 0.3) is 10.9 Å². The fraction of sp³-hybridized carbons (Fsp3) is 0. The molecule has 0 fully saturated rings. The van der Waals surface area contributed by atoms with E-state index in [2.05, 4.69) is 29.2 Å². The van der Waals surface area contributed by atoms with Gasteiger partial charge in [0.15, 0.2) is 0 Å². The molecule has 1 aromatic carbocycles. The Kier molecular flexibility index (Phi) is 1.50. The molecule has 10 heavy (non-hydrogen) atoms. The summed E-state index contributed by atoms with van der Waals surface area (Å²) in [6, 6.07) is 8.69. The maximum absolute atomic E-state index is 3.17. The predicted octanol–water partition coefficient (Wildman–Crippen LogP) is 0.426. The van der Waals surface area contributed by atoms with E-state index >= 15 is 0 Å². The molecule has 1 heterocycles. The van der Waals surface area contributed by atoms with Crippen LogP contribution in [-0.4, -0.2) is 29.7 Å². The third-order valence-corrected chi connectivity index (χ3v) is 2.97. The summed E-state index contributed by atoms with van der Waals surface area (Å²) < 4.78 is 1.48. The Morgan fingerprint density at radius 1 is 1.20 bits per heavy atom. The summed E-state index contributed by atoms with van der Waals surface area (Å²) in [4.78, 5) is 3.17. The third-order valence-electron chi connectivity index (χ3n) is 1.58. The minimum atomic E-state index is 0.948. The number of hydrogen-bond acceptors (Lipinski definition) is 0. The van der Waals surface area contributed by atoms with Crippen molar-refractivity contribution >= 4 is 38.9 Å². The van der Waals surface area contributed by atoms with Crippen LogP contribution < -0.4 is 3.27 Å². The number of fused-ring (bicyclic) bond motifs is 1. The van der Waals surface area contributed by atoms with Gasteiger partial charge in [-0.15, -0.1) is 0 Å². The van der Waals surface area contributed by atoms with Crippen molar-refractivity contribution in [2.75, 3.05) is 0 Å². The van der Waals surface area contributed by atoms with Crippen LogP contribution >= 0.6 is 0 Å². The molecule has 1 N–H and O–H groups in total. The van der Waals surface area contributed by atoms with E-state index in [1.807, 2.05) is 6.20 Å². The van der Waals surface area contributed by atoms with Gasteiger partial charge in [0.25, 0.3) is 0 Å². The second-order valence-corrected chi connectivity index (χ2v) is 4.92. The Labute approximate surface area is 74.3 Å². The zero-order valence-electron chi connectivity index (χ0n) is 5.46. The van der Waals surface area contributed by atoms with E-state index in [0.717, 1.165) is 24.7 Å². The molecule has 0 radical (unpaired) electrons. The first-order valence-corrected chi connectivity index (χ1v) is 5.43. The number of benzene rings is 1. The molecular formula is C8H8BiN. The molecule has 1 aromatic heterocycles. The van der Waals surface area contributed by atoms with Gasteiger partial charge in [0.2, 0.25) is 0 Å². The van der Waals surface area contributed by atoms with Crippen LogP contribution in [0.3, 0.4) is 0 Å². The molecule has 0 unspecified atom stereocenters. The SMILES string of the molecule is [BiH2][c]1ccc2[nH]ccc2c1. The van der Waals surface area contributed by atoms with Gasteiger partial charge in [0.1, 0.15) is 0 Å². The number of H-pyrrole nitrogens is 1. The Morgan fingerprint density at radius 2 is 2.10 bits per heavy atom. The quantitative estimate of drug-likeness (QED) is 0.676. The summed E-state index contributed by atoms with van der Waals surface area (Å²) in [6.45, 7) is 0. The van der Waals surface area contributed by atoms with E-state index in [9.17, 15) is 0 Å². The summed E-state index contributed by atoms with van der Waals surface area (Å²) >= 11 is 0.948. The normalized spacial score (nSPS) is 10.5. The summed E-state index contributed by atoms with van der Waals surface area (Å²) in [5.74, 6) is 0. The topological polar surface area (TPSA) is 15.8 Å². The molecule has 0 aliphatic carbocycles. The van der Waals surface area contributed by atoms with Gasteiger partial charge in [0, 0.05) is 0 Å². The van der Waals surface area contributed by atoms with Crippen LogP contribution in [0.5, 0.6) is 0 Å². The Morgan fingerprint density at radius 3 is 3.00 bits per heavy atom. The first kappa shape index (κ1) is 6.36. The van der Waals surface area contributed by atoms with E-state index in [4.69, 9.17) is 0 Å². The minimum absolute atomic E-state index is 0.948. The summed E-state index contributed by atoms with van der Waals surface area (Å²) in [6.07, 6.45) is 1.98. The fourth-order valence-corrected chi connectivity index (χ4v) is 2.14. The molecule has 0 aliphatic heterocycles. The summed E-state index contributed by atoms with van der Waals surface area (Å²) in [7, 11) is 0. The molecule has 0 aliphatic rings. The van der Waals surface area contributed by atoms with Gasteiger partial charge in [-0.1, -0.05) is 0 Å². The van der Waals surface area contributed by atoms with Crippen LogP contribution in [0.1, 0.15) is 0 Å². The fourth-order valence-electron chi connectivity index (χ4n) is 1.07. The van der Waals surface area contributed by atoms with Crippen molar-refractivity contribution in [2.45, 2.75) is 0 Å². The van der Waals surface area contributed by atoms with Crippen LogP contribution in [-0.2, 0) is 0 Å². The van der Waals surface area contributed by atoms with Gasteiger partial charge in [-0.25, -0.2) is 0 Å². The molecule has 0 saturated heterocycles. The van der Waals surface area contributed by atoms with Gasteiger partial charge in [0.05, 0.1) is 0 Å². The van der Waals surface area contributed by atoms with Gasteiger partial charge in [-0.2, -0.15) is 0 Å². The molecule has 0 saturated carbocycles. The molecule has 50 valence electrons. The van der Waals surface area contributed by atoms with Crippen molar-refractivity contribution < 1.29 is 0 Å². The number of hydrogen-bond donors (Lipinski definition) is 1. The molecule has 0 amide bonds. The summed E-state index contributed by atoms with van der Waals surface area (Å²) in [5, 5.41) is 1.33. The molecule has 0 spiro atoms. The molecule has 0 atom stereocenters. The first-order valence-electron chi connectivity index (χ1n) is 3.19. The van der Waals surface area contributed by atoms with Crippen LogP contribution in [0.4, 0.5) is 0 Å². The molecular weight excluding hydrogens is 319 g/mol. The average molecular weight is 327 g/mol. The Bertz CT molecular complexity index is 351. The summed E-state index contributed by atoms with van der Waals surface area (Å²) in [5.41, 5.74) is 1.24. The van der Waals surface area contributed by atoms with Gasteiger partial charge in [-0.05, 0) is 0 Å². The first-order chi connectivity index (χ1) is 4.86. The second kappa shape index (κ2) is 2.35. The number of rotatable bonds is 0. The van der Waals surface area contributed by atoms with Crippen molar-refractivity contribution in [1.82, 2.24) is 4.98 Å². The van der Waals surface area contributed by atoms with Crippen molar-refractivity contribution in [3.05, 3.63) is 30.5 Å². The molecule has 2 heteroatoms. The van der Waals surface area contributed by atoms with Crippen LogP contribution in [0.2, 0.25) is 0 Å². The van der Waals surface area contributed by atoms with E-state index in [1.54, 1.807) is 0 Å². The van der Waals surface area contributed by atoms with E-state index in [-0.39, 0.29) is 0 Å². The molecule has 0 bridgehead atoms. The third kappa shape index (κ3) is 0.970. The molecule has 2 rings (SSSR count). The van der Waals surface area contributed by atoms with Crippen molar-refractivity contribution in [3.8, 4) is 0 Å². The van der Waals surface area contributed by atoms with Gasteiger partial charge >= 0.3 is 74.3 Å². The van der Waals surface area contributed by atoms with E-state index in [1.165, 1.54) is 14.2 Å². The van der Waals surface area contributed by atoms with Gasteiger partial charge < -0.3 is 0 Å². The number of nitrogens with one attached hydrogen (secondary N) is 1. The zero-order chi connectivity index (χ0) is 6.97. The zero-order valence-corrected chi connectivity index (χ0v) is 9.95. The van der Waals surface area contributed by atoms with Crippen molar-refractivity contribution in [3.63, 3.8) is 0 Å². The van der Waals surface area contributed by atoms with Crippen molar-refractivity contribution in [2.24, 2.45) is 0 Å². The average Bonchev–Trinajstić information content (AvgIpc) is 2.33. The monoisotopic (exact) mass is 327 g/mol. The van der Waals surface area contributed by atoms with Crippen LogP contribution in [0.15, 0.2) is 30.5 Å². The van der Waals surface area contributed by atoms with Crippen LogP contribution in [0, 0.1) is 0 Å². The number of aromatic nitrogens is 1.